The third-order valence-corrected chi connectivity index (χ3v) is 4.66. The summed E-state index contributed by atoms with van der Waals surface area (Å²) in [7, 11) is 0. The smallest absolute Gasteiger partial charge is 0.127 e. The predicted molar refractivity (Wildman–Crippen MR) is 76.3 cm³/mol. The molecule has 19 heavy (non-hydrogen) atoms. The first-order valence-corrected chi connectivity index (χ1v) is 7.24. The molecular weight excluding hydrogens is 232 g/mol. The summed E-state index contributed by atoms with van der Waals surface area (Å²) in [6.07, 6.45) is 4.17. The molecule has 96 valence electrons. The highest BCUT2D eigenvalue weighted by Gasteiger charge is 2.41. The molecule has 1 saturated carbocycles. The van der Waals surface area contributed by atoms with Gasteiger partial charge in [-0.1, -0.05) is 55.0 Å². The van der Waals surface area contributed by atoms with Crippen molar-refractivity contribution >= 4 is 0 Å². The van der Waals surface area contributed by atoms with Gasteiger partial charge in [0.15, 0.2) is 0 Å². The molecule has 1 fully saturated rings. The molecule has 0 amide bonds. The van der Waals surface area contributed by atoms with Crippen LogP contribution < -0.4 is 4.74 Å². The molecule has 1 heterocycles. The first-order valence-electron chi connectivity index (χ1n) is 7.24. The van der Waals surface area contributed by atoms with E-state index in [1.807, 2.05) is 0 Å². The standard InChI is InChI=1S/C18H18O/c1-2-7-13(8-3-1)18-16-11-6-10-14(16)15-9-4-5-12-17(15)19-18/h1-5,7-9,12,14,16,18H,6,10-11H2/t14-,16-,18+/m0/s1. The molecule has 2 aromatic carbocycles. The molecule has 1 aliphatic carbocycles. The van der Waals surface area contributed by atoms with Gasteiger partial charge in [0.25, 0.3) is 0 Å². The minimum Gasteiger partial charge on any atom is -0.485 e. The van der Waals surface area contributed by atoms with Crippen molar-refractivity contribution in [2.24, 2.45) is 5.92 Å². The number of ether oxygens (including phenoxy) is 1. The molecule has 4 rings (SSSR count). The van der Waals surface area contributed by atoms with E-state index in [1.54, 1.807) is 0 Å². The Morgan fingerprint density at radius 2 is 1.63 bits per heavy atom. The number of hydrogen-bond acceptors (Lipinski definition) is 1. The second kappa shape index (κ2) is 4.41. The average Bonchev–Trinajstić information content (AvgIpc) is 2.97. The molecular formula is C18H18O. The van der Waals surface area contributed by atoms with E-state index in [9.17, 15) is 0 Å². The SMILES string of the molecule is c1ccc([C@H]2Oc3ccccc3[C@@H]3CCC[C@H]23)cc1. The first-order chi connectivity index (χ1) is 9.43. The summed E-state index contributed by atoms with van der Waals surface area (Å²) in [4.78, 5) is 0. The molecule has 0 bridgehead atoms. The zero-order chi connectivity index (χ0) is 12.7. The normalized spacial score (nSPS) is 28.3. The van der Waals surface area contributed by atoms with Crippen LogP contribution in [0.5, 0.6) is 5.75 Å². The summed E-state index contributed by atoms with van der Waals surface area (Å²) in [5, 5.41) is 0. The van der Waals surface area contributed by atoms with E-state index in [0.29, 0.717) is 11.8 Å². The highest BCUT2D eigenvalue weighted by molar-refractivity contribution is 5.41. The maximum absolute atomic E-state index is 6.33. The number of benzene rings is 2. The van der Waals surface area contributed by atoms with Crippen molar-refractivity contribution in [2.75, 3.05) is 0 Å². The number of hydrogen-bond donors (Lipinski definition) is 0. The molecule has 0 unspecified atom stereocenters. The molecule has 1 nitrogen and oxygen atoms in total. The topological polar surface area (TPSA) is 9.23 Å². The van der Waals surface area contributed by atoms with Crippen molar-refractivity contribution in [3.63, 3.8) is 0 Å². The zero-order valence-electron chi connectivity index (χ0n) is 11.0. The molecule has 0 saturated heterocycles. The lowest BCUT2D eigenvalue weighted by atomic mass is 9.80. The average molecular weight is 250 g/mol. The lowest BCUT2D eigenvalue weighted by molar-refractivity contribution is 0.104. The Balaban J connectivity index is 1.79. The van der Waals surface area contributed by atoms with E-state index in [1.165, 1.54) is 30.4 Å². The summed E-state index contributed by atoms with van der Waals surface area (Å²) in [6.45, 7) is 0. The molecule has 2 aromatic rings. The van der Waals surface area contributed by atoms with E-state index in [2.05, 4.69) is 54.6 Å². The highest BCUT2D eigenvalue weighted by Crippen LogP contribution is 2.53. The lowest BCUT2D eigenvalue weighted by Crippen LogP contribution is -2.26. The van der Waals surface area contributed by atoms with Crippen molar-refractivity contribution < 1.29 is 4.74 Å². The fourth-order valence-electron chi connectivity index (χ4n) is 3.81. The van der Waals surface area contributed by atoms with Crippen molar-refractivity contribution in [3.8, 4) is 5.75 Å². The van der Waals surface area contributed by atoms with E-state index in [-0.39, 0.29) is 6.10 Å². The second-order valence-electron chi connectivity index (χ2n) is 5.69. The van der Waals surface area contributed by atoms with Gasteiger partial charge in [0.05, 0.1) is 0 Å². The number of rotatable bonds is 1. The Morgan fingerprint density at radius 3 is 2.53 bits per heavy atom. The minimum absolute atomic E-state index is 0.239. The summed E-state index contributed by atoms with van der Waals surface area (Å²) in [5.74, 6) is 2.44. The van der Waals surface area contributed by atoms with Gasteiger partial charge < -0.3 is 4.74 Å². The van der Waals surface area contributed by atoms with Crippen LogP contribution in [0, 0.1) is 5.92 Å². The summed E-state index contributed by atoms with van der Waals surface area (Å²) < 4.78 is 6.33. The largest absolute Gasteiger partial charge is 0.485 e. The molecule has 0 aromatic heterocycles. The van der Waals surface area contributed by atoms with Crippen LogP contribution in [0.3, 0.4) is 0 Å². The molecule has 0 N–H and O–H groups in total. The Kier molecular flexibility index (Phi) is 2.58. The molecule has 1 aliphatic heterocycles. The van der Waals surface area contributed by atoms with Gasteiger partial charge in [-0.15, -0.1) is 0 Å². The quantitative estimate of drug-likeness (QED) is 0.712. The zero-order valence-corrected chi connectivity index (χ0v) is 11.0. The van der Waals surface area contributed by atoms with Crippen molar-refractivity contribution in [1.82, 2.24) is 0 Å². The van der Waals surface area contributed by atoms with Crippen LogP contribution in [-0.4, -0.2) is 0 Å². The molecule has 1 heteroatoms. The molecule has 3 atom stereocenters. The molecule has 2 aliphatic rings. The number of fused-ring (bicyclic) bond motifs is 3. The maximum Gasteiger partial charge on any atom is 0.127 e. The van der Waals surface area contributed by atoms with Crippen LogP contribution >= 0.6 is 0 Å². The Labute approximate surface area is 114 Å². The predicted octanol–water partition coefficient (Wildman–Crippen LogP) is 4.70. The van der Waals surface area contributed by atoms with Crippen LogP contribution in [0.25, 0.3) is 0 Å². The van der Waals surface area contributed by atoms with Gasteiger partial charge in [-0.05, 0) is 36.0 Å². The molecule has 0 radical (unpaired) electrons. The van der Waals surface area contributed by atoms with E-state index < -0.39 is 0 Å². The van der Waals surface area contributed by atoms with Gasteiger partial charge in [0.2, 0.25) is 0 Å². The second-order valence-corrected chi connectivity index (χ2v) is 5.69. The monoisotopic (exact) mass is 250 g/mol. The van der Waals surface area contributed by atoms with Crippen molar-refractivity contribution in [3.05, 3.63) is 65.7 Å². The maximum atomic E-state index is 6.33. The van der Waals surface area contributed by atoms with Crippen LogP contribution in [0.1, 0.15) is 42.4 Å². The minimum atomic E-state index is 0.239. The van der Waals surface area contributed by atoms with Crippen molar-refractivity contribution in [2.45, 2.75) is 31.3 Å². The molecule has 0 spiro atoms. The van der Waals surface area contributed by atoms with Crippen LogP contribution in [-0.2, 0) is 0 Å². The van der Waals surface area contributed by atoms with Gasteiger partial charge in [0.1, 0.15) is 11.9 Å². The van der Waals surface area contributed by atoms with Crippen LogP contribution in [0.15, 0.2) is 54.6 Å². The summed E-state index contributed by atoms with van der Waals surface area (Å²) in [5.41, 5.74) is 2.76. The summed E-state index contributed by atoms with van der Waals surface area (Å²) >= 11 is 0. The Hall–Kier alpha value is -1.76. The van der Waals surface area contributed by atoms with Crippen molar-refractivity contribution in [1.29, 1.82) is 0 Å². The van der Waals surface area contributed by atoms with Gasteiger partial charge in [0, 0.05) is 5.92 Å². The van der Waals surface area contributed by atoms with E-state index in [4.69, 9.17) is 4.74 Å². The van der Waals surface area contributed by atoms with E-state index >= 15 is 0 Å². The van der Waals surface area contributed by atoms with Crippen LogP contribution in [0.4, 0.5) is 0 Å². The third kappa shape index (κ3) is 1.76. The first kappa shape index (κ1) is 11.1. The fourth-order valence-corrected chi connectivity index (χ4v) is 3.81. The lowest BCUT2D eigenvalue weighted by Gasteiger charge is -2.36. The Bertz CT molecular complexity index is 575. The highest BCUT2D eigenvalue weighted by atomic mass is 16.5. The van der Waals surface area contributed by atoms with Gasteiger partial charge >= 0.3 is 0 Å². The van der Waals surface area contributed by atoms with Gasteiger partial charge in [-0.25, -0.2) is 0 Å². The van der Waals surface area contributed by atoms with Gasteiger partial charge in [-0.2, -0.15) is 0 Å². The Morgan fingerprint density at radius 1 is 0.842 bits per heavy atom. The number of para-hydroxylation sites is 1. The fraction of sp³-hybridized carbons (Fsp3) is 0.333. The van der Waals surface area contributed by atoms with Crippen LogP contribution in [0.2, 0.25) is 0 Å². The summed E-state index contributed by atoms with van der Waals surface area (Å²) in [6, 6.07) is 19.3. The third-order valence-electron chi connectivity index (χ3n) is 4.66. The van der Waals surface area contributed by atoms with E-state index in [0.717, 1.165) is 5.75 Å². The van der Waals surface area contributed by atoms with Gasteiger partial charge in [-0.3, -0.25) is 0 Å².